The largest absolute Gasteiger partial charge is 0.330 e. The second-order valence-electron chi connectivity index (χ2n) is 5.52. The molecule has 2 aromatic carbocycles. The summed E-state index contributed by atoms with van der Waals surface area (Å²) >= 11 is 1.77. The summed E-state index contributed by atoms with van der Waals surface area (Å²) in [7, 11) is 0. The van der Waals surface area contributed by atoms with Gasteiger partial charge in [0.15, 0.2) is 0 Å². The number of aromatic nitrogens is 1. The molecule has 0 bridgehead atoms. The van der Waals surface area contributed by atoms with Crippen molar-refractivity contribution >= 4 is 21.6 Å². The Morgan fingerprint density at radius 1 is 1.05 bits per heavy atom. The second-order valence-corrected chi connectivity index (χ2v) is 6.55. The molecule has 0 spiro atoms. The minimum absolute atomic E-state index is 0.203. The van der Waals surface area contributed by atoms with Crippen molar-refractivity contribution < 1.29 is 0 Å². The van der Waals surface area contributed by atoms with Crippen LogP contribution < -0.4 is 5.73 Å². The predicted octanol–water partition coefficient (Wildman–Crippen LogP) is 3.95. The predicted molar refractivity (Wildman–Crippen MR) is 85.0 cm³/mol. The first-order chi connectivity index (χ1) is 9.82. The van der Waals surface area contributed by atoms with Crippen LogP contribution in [0.3, 0.4) is 0 Å². The molecule has 1 saturated carbocycles. The zero-order chi connectivity index (χ0) is 13.6. The highest BCUT2D eigenvalue weighted by molar-refractivity contribution is 7.21. The van der Waals surface area contributed by atoms with Crippen LogP contribution in [0.15, 0.2) is 48.5 Å². The third kappa shape index (κ3) is 1.78. The van der Waals surface area contributed by atoms with Crippen molar-refractivity contribution in [2.24, 2.45) is 5.73 Å². The lowest BCUT2D eigenvalue weighted by molar-refractivity contribution is 0.706. The number of nitrogens with zero attached hydrogens (tertiary/aromatic N) is 1. The summed E-state index contributed by atoms with van der Waals surface area (Å²) in [5.41, 5.74) is 9.93. The van der Waals surface area contributed by atoms with Crippen LogP contribution in [0.4, 0.5) is 0 Å². The maximum atomic E-state index is 6.01. The van der Waals surface area contributed by atoms with Gasteiger partial charge < -0.3 is 5.73 Å². The molecule has 0 radical (unpaired) electrons. The van der Waals surface area contributed by atoms with Crippen LogP contribution in [0.5, 0.6) is 0 Å². The van der Waals surface area contributed by atoms with Crippen molar-refractivity contribution in [3.63, 3.8) is 0 Å². The zero-order valence-corrected chi connectivity index (χ0v) is 12.0. The van der Waals surface area contributed by atoms with Crippen LogP contribution >= 0.6 is 11.3 Å². The summed E-state index contributed by atoms with van der Waals surface area (Å²) in [4.78, 5) is 4.80. The van der Waals surface area contributed by atoms with Crippen molar-refractivity contribution in [2.75, 3.05) is 6.54 Å². The van der Waals surface area contributed by atoms with E-state index in [2.05, 4.69) is 42.5 Å². The first-order valence-corrected chi connectivity index (χ1v) is 7.80. The summed E-state index contributed by atoms with van der Waals surface area (Å²) < 4.78 is 1.25. The molecule has 100 valence electrons. The van der Waals surface area contributed by atoms with Gasteiger partial charge in [-0.1, -0.05) is 36.4 Å². The molecule has 1 heterocycles. The first kappa shape index (κ1) is 12.1. The Kier molecular flexibility index (Phi) is 2.65. The SMILES string of the molecule is NCC1(c2ccccc2-c2nc3ccccc3s2)CC1. The third-order valence-electron chi connectivity index (χ3n) is 4.27. The Morgan fingerprint density at radius 3 is 2.55 bits per heavy atom. The number of thiazole rings is 1. The van der Waals surface area contributed by atoms with E-state index in [-0.39, 0.29) is 5.41 Å². The highest BCUT2D eigenvalue weighted by Crippen LogP contribution is 2.50. The molecule has 3 heteroatoms. The third-order valence-corrected chi connectivity index (χ3v) is 5.34. The van der Waals surface area contributed by atoms with Gasteiger partial charge in [-0.15, -0.1) is 11.3 Å². The van der Waals surface area contributed by atoms with Gasteiger partial charge in [-0.25, -0.2) is 4.98 Å². The fourth-order valence-corrected chi connectivity index (χ4v) is 3.86. The van der Waals surface area contributed by atoms with Gasteiger partial charge in [-0.2, -0.15) is 0 Å². The Hall–Kier alpha value is -1.71. The Labute approximate surface area is 122 Å². The van der Waals surface area contributed by atoms with Gasteiger partial charge in [0, 0.05) is 17.5 Å². The second kappa shape index (κ2) is 4.40. The minimum atomic E-state index is 0.203. The quantitative estimate of drug-likeness (QED) is 0.789. The van der Waals surface area contributed by atoms with E-state index in [0.29, 0.717) is 0 Å². The van der Waals surface area contributed by atoms with E-state index in [1.54, 1.807) is 11.3 Å². The van der Waals surface area contributed by atoms with Gasteiger partial charge in [0.1, 0.15) is 5.01 Å². The molecule has 1 aliphatic carbocycles. The molecule has 20 heavy (non-hydrogen) atoms. The number of rotatable bonds is 3. The monoisotopic (exact) mass is 280 g/mol. The van der Waals surface area contributed by atoms with Crippen molar-refractivity contribution in [3.05, 3.63) is 54.1 Å². The molecule has 3 aromatic rings. The summed E-state index contributed by atoms with van der Waals surface area (Å²) in [5, 5.41) is 1.11. The molecule has 1 fully saturated rings. The van der Waals surface area contributed by atoms with Crippen LogP contribution in [0, 0.1) is 0 Å². The standard InChI is InChI=1S/C17H16N2S/c18-11-17(9-10-17)13-6-2-1-5-12(13)16-19-14-7-3-4-8-15(14)20-16/h1-8H,9-11,18H2. The lowest BCUT2D eigenvalue weighted by atomic mass is 9.91. The van der Waals surface area contributed by atoms with E-state index in [1.165, 1.54) is 28.7 Å². The molecular formula is C17H16N2S. The summed E-state index contributed by atoms with van der Waals surface area (Å²) in [6.45, 7) is 0.731. The van der Waals surface area contributed by atoms with Gasteiger partial charge in [0.25, 0.3) is 0 Å². The summed E-state index contributed by atoms with van der Waals surface area (Å²) in [6.07, 6.45) is 2.40. The average Bonchev–Trinajstić information content (AvgIpc) is 3.19. The number of nitrogens with two attached hydrogens (primary N) is 1. The highest BCUT2D eigenvalue weighted by Gasteiger charge is 2.44. The molecule has 2 N–H and O–H groups in total. The molecule has 0 unspecified atom stereocenters. The Bertz CT molecular complexity index is 738. The molecule has 0 aliphatic heterocycles. The minimum Gasteiger partial charge on any atom is -0.330 e. The van der Waals surface area contributed by atoms with Crippen molar-refractivity contribution in [2.45, 2.75) is 18.3 Å². The van der Waals surface area contributed by atoms with Gasteiger partial charge in [0.2, 0.25) is 0 Å². The Balaban J connectivity index is 1.90. The van der Waals surface area contributed by atoms with Gasteiger partial charge >= 0.3 is 0 Å². The van der Waals surface area contributed by atoms with E-state index >= 15 is 0 Å². The van der Waals surface area contributed by atoms with Crippen LogP contribution in [-0.2, 0) is 5.41 Å². The average molecular weight is 280 g/mol. The molecule has 0 amide bonds. The van der Waals surface area contributed by atoms with Crippen LogP contribution in [-0.4, -0.2) is 11.5 Å². The van der Waals surface area contributed by atoms with Gasteiger partial charge in [-0.05, 0) is 30.5 Å². The molecule has 1 aromatic heterocycles. The fraction of sp³-hybridized carbons (Fsp3) is 0.235. The fourth-order valence-electron chi connectivity index (χ4n) is 2.85. The van der Waals surface area contributed by atoms with E-state index < -0.39 is 0 Å². The van der Waals surface area contributed by atoms with E-state index in [9.17, 15) is 0 Å². The van der Waals surface area contributed by atoms with E-state index in [4.69, 9.17) is 10.7 Å². The van der Waals surface area contributed by atoms with E-state index in [1.807, 2.05) is 6.07 Å². The zero-order valence-electron chi connectivity index (χ0n) is 11.2. The van der Waals surface area contributed by atoms with E-state index in [0.717, 1.165) is 17.1 Å². The highest BCUT2D eigenvalue weighted by atomic mass is 32.1. The maximum Gasteiger partial charge on any atom is 0.124 e. The number of benzene rings is 2. The number of hydrogen-bond acceptors (Lipinski definition) is 3. The lowest BCUT2D eigenvalue weighted by Crippen LogP contribution is -2.20. The van der Waals surface area contributed by atoms with Crippen molar-refractivity contribution in [3.8, 4) is 10.6 Å². The summed E-state index contributed by atoms with van der Waals surface area (Å²) in [6, 6.07) is 16.9. The van der Waals surface area contributed by atoms with Crippen LogP contribution in [0.2, 0.25) is 0 Å². The Morgan fingerprint density at radius 2 is 1.80 bits per heavy atom. The van der Waals surface area contributed by atoms with Crippen LogP contribution in [0.1, 0.15) is 18.4 Å². The molecule has 1 aliphatic rings. The number of para-hydroxylation sites is 1. The topological polar surface area (TPSA) is 38.9 Å². The maximum absolute atomic E-state index is 6.01. The first-order valence-electron chi connectivity index (χ1n) is 6.98. The number of fused-ring (bicyclic) bond motifs is 1. The number of hydrogen-bond donors (Lipinski definition) is 1. The molecule has 2 nitrogen and oxygen atoms in total. The normalized spacial score (nSPS) is 16.4. The molecule has 0 atom stereocenters. The lowest BCUT2D eigenvalue weighted by Gasteiger charge is -2.16. The van der Waals surface area contributed by atoms with Gasteiger partial charge in [0.05, 0.1) is 10.2 Å². The van der Waals surface area contributed by atoms with Crippen molar-refractivity contribution in [1.82, 2.24) is 4.98 Å². The summed E-state index contributed by atoms with van der Waals surface area (Å²) in [5.74, 6) is 0. The van der Waals surface area contributed by atoms with Gasteiger partial charge in [-0.3, -0.25) is 0 Å². The van der Waals surface area contributed by atoms with Crippen LogP contribution in [0.25, 0.3) is 20.8 Å². The van der Waals surface area contributed by atoms with Crippen molar-refractivity contribution in [1.29, 1.82) is 0 Å². The molecule has 0 saturated heterocycles. The molecule has 4 rings (SSSR count). The smallest absolute Gasteiger partial charge is 0.124 e. The molecular weight excluding hydrogens is 264 g/mol.